The lowest BCUT2D eigenvalue weighted by atomic mass is 9.91. The summed E-state index contributed by atoms with van der Waals surface area (Å²) in [6, 6.07) is 4.12. The fourth-order valence-corrected chi connectivity index (χ4v) is 2.66. The van der Waals surface area contributed by atoms with Crippen molar-refractivity contribution in [3.8, 4) is 5.75 Å². The average Bonchev–Trinajstić information content (AvgIpc) is 2.42. The summed E-state index contributed by atoms with van der Waals surface area (Å²) in [5, 5.41) is 0. The van der Waals surface area contributed by atoms with E-state index in [0.29, 0.717) is 11.4 Å². The Balaban J connectivity index is 2.16. The molecule has 5 heteroatoms. The molecule has 0 radical (unpaired) electrons. The molecular formula is C15H21FN2O2. The summed E-state index contributed by atoms with van der Waals surface area (Å²) in [6.07, 6.45) is 3.72. The van der Waals surface area contributed by atoms with Gasteiger partial charge in [0.05, 0.1) is 11.7 Å². The van der Waals surface area contributed by atoms with Crippen LogP contribution in [-0.2, 0) is 4.79 Å². The fraction of sp³-hybridized carbons (Fsp3) is 0.533. The average molecular weight is 280 g/mol. The molecule has 0 spiro atoms. The maximum atomic E-state index is 13.3. The molecule has 0 aromatic heterocycles. The van der Waals surface area contributed by atoms with Crippen molar-refractivity contribution in [2.45, 2.75) is 44.8 Å². The maximum absolute atomic E-state index is 13.3. The summed E-state index contributed by atoms with van der Waals surface area (Å²) < 4.78 is 19.2. The molecule has 2 N–H and O–H groups in total. The van der Waals surface area contributed by atoms with Crippen molar-refractivity contribution >= 4 is 11.6 Å². The minimum Gasteiger partial charge on any atom is -0.486 e. The zero-order chi connectivity index (χ0) is 14.7. The molecule has 1 aromatic rings. The second-order valence-electron chi connectivity index (χ2n) is 5.32. The predicted octanol–water partition coefficient (Wildman–Crippen LogP) is 2.58. The number of rotatable bonds is 3. The second-order valence-corrected chi connectivity index (χ2v) is 5.32. The zero-order valence-corrected chi connectivity index (χ0v) is 11.9. The molecule has 0 unspecified atom stereocenters. The Morgan fingerprint density at radius 3 is 2.80 bits per heavy atom. The van der Waals surface area contributed by atoms with Gasteiger partial charge in [-0.25, -0.2) is 4.39 Å². The van der Waals surface area contributed by atoms with Crippen LogP contribution in [-0.4, -0.2) is 30.0 Å². The van der Waals surface area contributed by atoms with Crippen LogP contribution in [0.2, 0.25) is 0 Å². The summed E-state index contributed by atoms with van der Waals surface area (Å²) in [5.41, 5.74) is 6.23. The maximum Gasteiger partial charge on any atom is 0.219 e. The molecule has 1 aliphatic carbocycles. The van der Waals surface area contributed by atoms with Gasteiger partial charge in [0.25, 0.3) is 0 Å². The van der Waals surface area contributed by atoms with Crippen LogP contribution < -0.4 is 10.5 Å². The van der Waals surface area contributed by atoms with Crippen LogP contribution in [0.25, 0.3) is 0 Å². The molecule has 1 fully saturated rings. The van der Waals surface area contributed by atoms with E-state index in [0.717, 1.165) is 25.7 Å². The molecule has 110 valence electrons. The van der Waals surface area contributed by atoms with E-state index in [2.05, 4.69) is 0 Å². The van der Waals surface area contributed by atoms with Crippen molar-refractivity contribution in [3.63, 3.8) is 0 Å². The van der Waals surface area contributed by atoms with Gasteiger partial charge in [-0.1, -0.05) is 6.42 Å². The molecule has 0 heterocycles. The van der Waals surface area contributed by atoms with Crippen molar-refractivity contribution in [2.75, 3.05) is 12.8 Å². The molecule has 1 aromatic carbocycles. The Bertz CT molecular complexity index is 493. The van der Waals surface area contributed by atoms with Crippen LogP contribution >= 0.6 is 0 Å². The van der Waals surface area contributed by atoms with Crippen LogP contribution in [0.5, 0.6) is 5.75 Å². The van der Waals surface area contributed by atoms with E-state index in [-0.39, 0.29) is 23.9 Å². The summed E-state index contributed by atoms with van der Waals surface area (Å²) in [5.74, 6) is -0.00181. The fourth-order valence-electron chi connectivity index (χ4n) is 2.66. The molecule has 20 heavy (non-hydrogen) atoms. The van der Waals surface area contributed by atoms with E-state index in [1.165, 1.54) is 18.2 Å². The number of ether oxygens (including phenoxy) is 1. The van der Waals surface area contributed by atoms with E-state index in [4.69, 9.17) is 10.5 Å². The lowest BCUT2D eigenvalue weighted by molar-refractivity contribution is -0.132. The molecule has 1 saturated carbocycles. The van der Waals surface area contributed by atoms with Gasteiger partial charge in [-0.3, -0.25) is 4.79 Å². The minimum absolute atomic E-state index is 0.0118. The Labute approximate surface area is 118 Å². The Morgan fingerprint density at radius 1 is 1.40 bits per heavy atom. The summed E-state index contributed by atoms with van der Waals surface area (Å²) in [4.78, 5) is 13.3. The van der Waals surface area contributed by atoms with E-state index in [1.807, 2.05) is 0 Å². The van der Waals surface area contributed by atoms with Crippen LogP contribution in [0.4, 0.5) is 10.1 Å². The Hall–Kier alpha value is -1.78. The highest BCUT2D eigenvalue weighted by Gasteiger charge is 2.31. The van der Waals surface area contributed by atoms with Crippen LogP contribution in [0.1, 0.15) is 32.6 Å². The number of carbonyl (C=O) groups is 1. The van der Waals surface area contributed by atoms with Gasteiger partial charge in [0, 0.05) is 20.0 Å². The SMILES string of the molecule is CC(=O)N(C)[C@H]1CCCC[C@@H]1Oc1cc(F)ccc1N. The topological polar surface area (TPSA) is 55.6 Å². The first-order valence-electron chi connectivity index (χ1n) is 6.94. The molecular weight excluding hydrogens is 259 g/mol. The first-order chi connectivity index (χ1) is 9.49. The second kappa shape index (κ2) is 6.11. The van der Waals surface area contributed by atoms with Crippen molar-refractivity contribution in [1.82, 2.24) is 4.90 Å². The van der Waals surface area contributed by atoms with Crippen LogP contribution in [0.3, 0.4) is 0 Å². The van der Waals surface area contributed by atoms with Gasteiger partial charge in [-0.15, -0.1) is 0 Å². The number of nitrogen functional groups attached to an aromatic ring is 1. The van der Waals surface area contributed by atoms with Gasteiger partial charge in [0.1, 0.15) is 17.7 Å². The lowest BCUT2D eigenvalue weighted by Crippen LogP contribution is -2.48. The van der Waals surface area contributed by atoms with Gasteiger partial charge in [0.2, 0.25) is 5.91 Å². The number of hydrogen-bond acceptors (Lipinski definition) is 3. The predicted molar refractivity (Wildman–Crippen MR) is 75.9 cm³/mol. The van der Waals surface area contributed by atoms with Gasteiger partial charge in [-0.05, 0) is 31.4 Å². The third-order valence-electron chi connectivity index (χ3n) is 3.92. The third-order valence-corrected chi connectivity index (χ3v) is 3.92. The van der Waals surface area contributed by atoms with Crippen molar-refractivity contribution in [2.24, 2.45) is 0 Å². The van der Waals surface area contributed by atoms with Gasteiger partial charge < -0.3 is 15.4 Å². The van der Waals surface area contributed by atoms with E-state index in [9.17, 15) is 9.18 Å². The minimum atomic E-state index is -0.374. The van der Waals surface area contributed by atoms with E-state index < -0.39 is 0 Å². The van der Waals surface area contributed by atoms with Gasteiger partial charge >= 0.3 is 0 Å². The number of halogens is 1. The Kier molecular flexibility index (Phi) is 4.47. The Morgan fingerprint density at radius 2 is 2.10 bits per heavy atom. The smallest absolute Gasteiger partial charge is 0.219 e. The molecule has 0 saturated heterocycles. The molecule has 2 rings (SSSR count). The normalized spacial score (nSPS) is 22.4. The van der Waals surface area contributed by atoms with Crippen molar-refractivity contribution < 1.29 is 13.9 Å². The molecule has 1 aliphatic rings. The summed E-state index contributed by atoms with van der Waals surface area (Å²) >= 11 is 0. The highest BCUT2D eigenvalue weighted by molar-refractivity contribution is 5.73. The van der Waals surface area contributed by atoms with Crippen LogP contribution in [0.15, 0.2) is 18.2 Å². The molecule has 1 amide bonds. The first kappa shape index (κ1) is 14.6. The molecule has 0 aliphatic heterocycles. The number of carbonyl (C=O) groups excluding carboxylic acids is 1. The molecule has 0 bridgehead atoms. The van der Waals surface area contributed by atoms with Gasteiger partial charge in [-0.2, -0.15) is 0 Å². The number of nitrogens with two attached hydrogens (primary N) is 1. The van der Waals surface area contributed by atoms with Gasteiger partial charge in [0.15, 0.2) is 0 Å². The first-order valence-corrected chi connectivity index (χ1v) is 6.94. The van der Waals surface area contributed by atoms with Crippen molar-refractivity contribution in [3.05, 3.63) is 24.0 Å². The highest BCUT2D eigenvalue weighted by atomic mass is 19.1. The van der Waals surface area contributed by atoms with E-state index >= 15 is 0 Å². The number of benzene rings is 1. The number of nitrogens with zero attached hydrogens (tertiary/aromatic N) is 1. The number of amides is 1. The molecule has 4 nitrogen and oxygen atoms in total. The standard InChI is InChI=1S/C15H21FN2O2/c1-10(19)18(2)13-5-3-4-6-14(13)20-15-9-11(16)7-8-12(15)17/h7-9,13-14H,3-6,17H2,1-2H3/t13-,14-/m0/s1. The van der Waals surface area contributed by atoms with Crippen LogP contribution in [0, 0.1) is 5.82 Å². The van der Waals surface area contributed by atoms with Crippen molar-refractivity contribution in [1.29, 1.82) is 0 Å². The third kappa shape index (κ3) is 3.21. The zero-order valence-electron chi connectivity index (χ0n) is 11.9. The number of likely N-dealkylation sites (N-methyl/N-ethyl adjacent to an activating group) is 1. The summed E-state index contributed by atoms with van der Waals surface area (Å²) in [6.45, 7) is 1.54. The number of anilines is 1. The monoisotopic (exact) mass is 280 g/mol. The lowest BCUT2D eigenvalue weighted by Gasteiger charge is -2.37. The van der Waals surface area contributed by atoms with E-state index in [1.54, 1.807) is 18.9 Å². The largest absolute Gasteiger partial charge is 0.486 e. The molecule has 2 atom stereocenters. The summed E-state index contributed by atoms with van der Waals surface area (Å²) in [7, 11) is 1.78. The number of hydrogen-bond donors (Lipinski definition) is 1. The quantitative estimate of drug-likeness (QED) is 0.866. The highest BCUT2D eigenvalue weighted by Crippen LogP contribution is 2.30.